The molecule has 0 aliphatic carbocycles. The number of halogens is 1. The third kappa shape index (κ3) is 4.46. The summed E-state index contributed by atoms with van der Waals surface area (Å²) in [5, 5.41) is 0. The fourth-order valence-corrected chi connectivity index (χ4v) is 2.71. The van der Waals surface area contributed by atoms with Crippen LogP contribution < -0.4 is 0 Å². The summed E-state index contributed by atoms with van der Waals surface area (Å²) in [5.74, 6) is 0.788. The van der Waals surface area contributed by atoms with Crippen LogP contribution in [0.4, 0.5) is 0 Å². The van der Waals surface area contributed by atoms with Crippen LogP contribution >= 0.6 is 15.9 Å². The molecule has 0 saturated heterocycles. The van der Waals surface area contributed by atoms with Crippen LogP contribution in [-0.4, -0.2) is 0 Å². The first-order valence-corrected chi connectivity index (χ1v) is 7.75. The maximum atomic E-state index is 3.82. The van der Waals surface area contributed by atoms with Crippen molar-refractivity contribution in [3.05, 3.63) is 34.9 Å². The van der Waals surface area contributed by atoms with Gasteiger partial charge in [0.2, 0.25) is 0 Å². The van der Waals surface area contributed by atoms with Gasteiger partial charge in [0.25, 0.3) is 0 Å². The molecular formula is C16H25Br. The Morgan fingerprint density at radius 3 is 2.18 bits per heavy atom. The first-order valence-electron chi connectivity index (χ1n) is 6.84. The van der Waals surface area contributed by atoms with E-state index in [9.17, 15) is 0 Å². The standard InChI is InChI=1S/C16H25Br/c1-5-13-8-9-15(11-14(13)6-2)16(17)10-7-12(3)4/h8-9,11-12,16H,5-7,10H2,1-4H3. The summed E-state index contributed by atoms with van der Waals surface area (Å²) < 4.78 is 0. The van der Waals surface area contributed by atoms with Gasteiger partial charge in [-0.2, -0.15) is 0 Å². The van der Waals surface area contributed by atoms with Gasteiger partial charge < -0.3 is 0 Å². The molecule has 0 radical (unpaired) electrons. The highest BCUT2D eigenvalue weighted by Gasteiger charge is 2.10. The maximum Gasteiger partial charge on any atom is 0.0395 e. The van der Waals surface area contributed by atoms with Crippen molar-refractivity contribution in [2.75, 3.05) is 0 Å². The molecule has 0 N–H and O–H groups in total. The van der Waals surface area contributed by atoms with Gasteiger partial charge in [-0.25, -0.2) is 0 Å². The highest BCUT2D eigenvalue weighted by Crippen LogP contribution is 2.30. The van der Waals surface area contributed by atoms with E-state index in [0.29, 0.717) is 4.83 Å². The molecule has 0 saturated carbocycles. The molecule has 1 rings (SSSR count). The molecule has 17 heavy (non-hydrogen) atoms. The Morgan fingerprint density at radius 2 is 1.65 bits per heavy atom. The lowest BCUT2D eigenvalue weighted by Crippen LogP contribution is -1.98. The fraction of sp³-hybridized carbons (Fsp3) is 0.625. The predicted molar refractivity (Wildman–Crippen MR) is 80.9 cm³/mol. The van der Waals surface area contributed by atoms with E-state index in [-0.39, 0.29) is 0 Å². The lowest BCUT2D eigenvalue weighted by Gasteiger charge is -2.15. The number of alkyl halides is 1. The molecule has 1 aromatic rings. The van der Waals surface area contributed by atoms with Gasteiger partial charge >= 0.3 is 0 Å². The minimum Gasteiger partial charge on any atom is -0.0839 e. The summed E-state index contributed by atoms with van der Waals surface area (Å²) in [5.41, 5.74) is 4.46. The summed E-state index contributed by atoms with van der Waals surface area (Å²) in [6, 6.07) is 6.98. The van der Waals surface area contributed by atoms with Crippen molar-refractivity contribution < 1.29 is 0 Å². The van der Waals surface area contributed by atoms with Gasteiger partial charge in [-0.3, -0.25) is 0 Å². The van der Waals surface area contributed by atoms with Crippen LogP contribution in [0.2, 0.25) is 0 Å². The van der Waals surface area contributed by atoms with E-state index in [0.717, 1.165) is 18.8 Å². The minimum atomic E-state index is 0.515. The van der Waals surface area contributed by atoms with E-state index in [4.69, 9.17) is 0 Å². The summed E-state index contributed by atoms with van der Waals surface area (Å²) in [6.45, 7) is 9.06. The molecule has 0 aliphatic rings. The summed E-state index contributed by atoms with van der Waals surface area (Å²) in [7, 11) is 0. The van der Waals surface area contributed by atoms with Crippen LogP contribution in [0.3, 0.4) is 0 Å². The second-order valence-corrected chi connectivity index (χ2v) is 6.28. The largest absolute Gasteiger partial charge is 0.0839 e. The van der Waals surface area contributed by atoms with Gasteiger partial charge in [-0.1, -0.05) is 61.8 Å². The molecule has 0 spiro atoms. The molecule has 1 aromatic carbocycles. The van der Waals surface area contributed by atoms with E-state index >= 15 is 0 Å². The Labute approximate surface area is 115 Å². The third-order valence-corrected chi connectivity index (χ3v) is 4.34. The lowest BCUT2D eigenvalue weighted by molar-refractivity contribution is 0.554. The van der Waals surface area contributed by atoms with E-state index in [1.807, 2.05) is 0 Å². The number of aryl methyl sites for hydroxylation is 2. The van der Waals surface area contributed by atoms with Crippen LogP contribution in [0.5, 0.6) is 0 Å². The van der Waals surface area contributed by atoms with Crippen molar-refractivity contribution in [1.82, 2.24) is 0 Å². The van der Waals surface area contributed by atoms with E-state index < -0.39 is 0 Å². The van der Waals surface area contributed by atoms with Crippen molar-refractivity contribution in [2.45, 2.75) is 58.2 Å². The Hall–Kier alpha value is -0.300. The monoisotopic (exact) mass is 296 g/mol. The van der Waals surface area contributed by atoms with Crippen molar-refractivity contribution in [1.29, 1.82) is 0 Å². The van der Waals surface area contributed by atoms with Gasteiger partial charge in [-0.05, 0) is 48.3 Å². The summed E-state index contributed by atoms with van der Waals surface area (Å²) in [4.78, 5) is 0.515. The molecule has 0 amide bonds. The molecule has 0 fully saturated rings. The Balaban J connectivity index is 2.77. The predicted octanol–water partition coefficient (Wildman–Crippen LogP) is 5.68. The van der Waals surface area contributed by atoms with Crippen LogP contribution in [0.1, 0.15) is 62.1 Å². The highest BCUT2D eigenvalue weighted by atomic mass is 79.9. The van der Waals surface area contributed by atoms with Crippen molar-refractivity contribution in [2.24, 2.45) is 5.92 Å². The zero-order valence-corrected chi connectivity index (χ0v) is 13.2. The first kappa shape index (κ1) is 14.8. The van der Waals surface area contributed by atoms with Crippen molar-refractivity contribution >= 4 is 15.9 Å². The molecular weight excluding hydrogens is 272 g/mol. The Bertz CT molecular complexity index is 341. The molecule has 96 valence electrons. The molecule has 0 aromatic heterocycles. The minimum absolute atomic E-state index is 0.515. The smallest absolute Gasteiger partial charge is 0.0395 e. The second-order valence-electron chi connectivity index (χ2n) is 5.17. The average molecular weight is 297 g/mol. The number of benzene rings is 1. The van der Waals surface area contributed by atoms with Crippen LogP contribution in [-0.2, 0) is 12.8 Å². The van der Waals surface area contributed by atoms with E-state index in [1.54, 1.807) is 0 Å². The summed E-state index contributed by atoms with van der Waals surface area (Å²) >= 11 is 3.82. The van der Waals surface area contributed by atoms with Gasteiger partial charge in [-0.15, -0.1) is 0 Å². The number of hydrogen-bond acceptors (Lipinski definition) is 0. The SMILES string of the molecule is CCc1ccc(C(Br)CCC(C)C)cc1CC. The third-order valence-electron chi connectivity index (χ3n) is 3.35. The average Bonchev–Trinajstić information content (AvgIpc) is 2.34. The van der Waals surface area contributed by atoms with Gasteiger partial charge in [0, 0.05) is 4.83 Å². The normalized spacial score (nSPS) is 13.1. The zero-order valence-electron chi connectivity index (χ0n) is 11.6. The lowest BCUT2D eigenvalue weighted by atomic mass is 9.96. The Kier molecular flexibility index (Phi) is 6.26. The molecule has 1 atom stereocenters. The van der Waals surface area contributed by atoms with E-state index in [2.05, 4.69) is 61.8 Å². The van der Waals surface area contributed by atoms with Crippen molar-refractivity contribution in [3.8, 4) is 0 Å². The quantitative estimate of drug-likeness (QED) is 0.592. The van der Waals surface area contributed by atoms with Crippen LogP contribution in [0, 0.1) is 5.92 Å². The van der Waals surface area contributed by atoms with Gasteiger partial charge in [0.15, 0.2) is 0 Å². The molecule has 0 heterocycles. The van der Waals surface area contributed by atoms with Crippen LogP contribution in [0.25, 0.3) is 0 Å². The molecule has 1 heteroatoms. The van der Waals surface area contributed by atoms with Gasteiger partial charge in [0.1, 0.15) is 0 Å². The first-order chi connectivity index (χ1) is 8.08. The number of rotatable bonds is 6. The fourth-order valence-electron chi connectivity index (χ4n) is 2.16. The topological polar surface area (TPSA) is 0 Å². The zero-order chi connectivity index (χ0) is 12.8. The molecule has 0 nitrogen and oxygen atoms in total. The van der Waals surface area contributed by atoms with Crippen molar-refractivity contribution in [3.63, 3.8) is 0 Å². The maximum absolute atomic E-state index is 3.82. The number of hydrogen-bond donors (Lipinski definition) is 0. The van der Waals surface area contributed by atoms with E-state index in [1.165, 1.54) is 29.5 Å². The molecule has 0 bridgehead atoms. The highest BCUT2D eigenvalue weighted by molar-refractivity contribution is 9.09. The molecule has 0 aliphatic heterocycles. The van der Waals surface area contributed by atoms with Crippen LogP contribution in [0.15, 0.2) is 18.2 Å². The second kappa shape index (κ2) is 7.20. The Morgan fingerprint density at radius 1 is 1.00 bits per heavy atom. The molecule has 1 unspecified atom stereocenters. The van der Waals surface area contributed by atoms with Gasteiger partial charge in [0.05, 0.1) is 0 Å². The summed E-state index contributed by atoms with van der Waals surface area (Å²) in [6.07, 6.45) is 4.79.